The molecule has 1 aromatic heterocycles. The predicted octanol–water partition coefficient (Wildman–Crippen LogP) is 3.55. The van der Waals surface area contributed by atoms with Gasteiger partial charge in [0.1, 0.15) is 0 Å². The monoisotopic (exact) mass is 274 g/mol. The van der Waals surface area contributed by atoms with Crippen LogP contribution in [0.1, 0.15) is 24.8 Å². The van der Waals surface area contributed by atoms with Crippen LogP contribution >= 0.6 is 11.8 Å². The third-order valence-corrected chi connectivity index (χ3v) is 5.34. The first-order valence-corrected chi connectivity index (χ1v) is 8.25. The summed E-state index contributed by atoms with van der Waals surface area (Å²) in [5, 5.41) is 5.85. The largest absolute Gasteiger partial charge is 0.350 e. The topological polar surface area (TPSA) is 17.0 Å². The lowest BCUT2D eigenvalue weighted by atomic mass is 10.1. The molecule has 3 heteroatoms. The number of nitrogens with one attached hydrogen (secondary N) is 1. The van der Waals surface area contributed by atoms with Crippen molar-refractivity contribution in [3.05, 3.63) is 36.0 Å². The van der Waals surface area contributed by atoms with Crippen LogP contribution in [0.15, 0.2) is 30.5 Å². The number of fused-ring (bicyclic) bond motifs is 1. The maximum absolute atomic E-state index is 3.64. The summed E-state index contributed by atoms with van der Waals surface area (Å²) in [6.45, 7) is 2.13. The van der Waals surface area contributed by atoms with Crippen LogP contribution < -0.4 is 5.32 Å². The van der Waals surface area contributed by atoms with Gasteiger partial charge in [-0.3, -0.25) is 0 Å². The van der Waals surface area contributed by atoms with E-state index in [1.807, 2.05) is 0 Å². The van der Waals surface area contributed by atoms with E-state index in [1.165, 1.54) is 41.5 Å². The molecule has 0 saturated carbocycles. The van der Waals surface area contributed by atoms with E-state index in [-0.39, 0.29) is 0 Å². The van der Waals surface area contributed by atoms with Gasteiger partial charge in [-0.1, -0.05) is 24.6 Å². The number of benzene rings is 1. The molecule has 2 aromatic rings. The zero-order valence-corrected chi connectivity index (χ0v) is 12.4. The molecule has 1 aromatic carbocycles. The molecule has 1 saturated heterocycles. The van der Waals surface area contributed by atoms with Crippen LogP contribution in [0.25, 0.3) is 10.9 Å². The van der Waals surface area contributed by atoms with E-state index in [2.05, 4.69) is 59.2 Å². The van der Waals surface area contributed by atoms with Crippen molar-refractivity contribution in [3.8, 4) is 0 Å². The summed E-state index contributed by atoms with van der Waals surface area (Å²) in [5.41, 5.74) is 2.74. The van der Waals surface area contributed by atoms with E-state index >= 15 is 0 Å². The lowest BCUT2D eigenvalue weighted by molar-refractivity contribution is 0.598. The summed E-state index contributed by atoms with van der Waals surface area (Å²) in [6.07, 6.45) is 6.46. The first kappa shape index (κ1) is 13.1. The van der Waals surface area contributed by atoms with Gasteiger partial charge in [0.2, 0.25) is 0 Å². The van der Waals surface area contributed by atoms with Crippen molar-refractivity contribution in [1.82, 2.24) is 9.88 Å². The van der Waals surface area contributed by atoms with Crippen LogP contribution in [-0.4, -0.2) is 22.1 Å². The minimum absolute atomic E-state index is 0.823. The molecule has 0 spiro atoms. The fourth-order valence-corrected chi connectivity index (χ4v) is 4.18. The highest BCUT2D eigenvalue weighted by molar-refractivity contribution is 7.99. The highest BCUT2D eigenvalue weighted by Gasteiger charge is 2.13. The smallest absolute Gasteiger partial charge is 0.0481 e. The molecule has 0 bridgehead atoms. The van der Waals surface area contributed by atoms with E-state index in [9.17, 15) is 0 Å². The zero-order valence-electron chi connectivity index (χ0n) is 11.6. The van der Waals surface area contributed by atoms with Gasteiger partial charge in [-0.15, -0.1) is 0 Å². The lowest BCUT2D eigenvalue weighted by Crippen LogP contribution is -2.26. The van der Waals surface area contributed by atoms with Crippen LogP contribution in [-0.2, 0) is 13.6 Å². The van der Waals surface area contributed by atoms with E-state index < -0.39 is 0 Å². The van der Waals surface area contributed by atoms with Gasteiger partial charge < -0.3 is 9.88 Å². The molecule has 3 rings (SSSR count). The van der Waals surface area contributed by atoms with Crippen LogP contribution in [0.2, 0.25) is 0 Å². The molecule has 1 N–H and O–H groups in total. The van der Waals surface area contributed by atoms with Crippen LogP contribution in [0, 0.1) is 0 Å². The molecular weight excluding hydrogens is 252 g/mol. The number of aromatic nitrogens is 1. The molecule has 19 heavy (non-hydrogen) atoms. The molecule has 1 aliphatic heterocycles. The van der Waals surface area contributed by atoms with E-state index in [1.54, 1.807) is 0 Å². The Balaban J connectivity index is 1.62. The average molecular weight is 274 g/mol. The Morgan fingerprint density at radius 3 is 3.05 bits per heavy atom. The molecular formula is C16H22N2S. The molecule has 0 radical (unpaired) electrons. The average Bonchev–Trinajstić information content (AvgIpc) is 2.78. The molecule has 1 unspecified atom stereocenters. The normalized spacial score (nSPS) is 19.9. The molecule has 2 nitrogen and oxygen atoms in total. The Labute approximate surface area is 119 Å². The molecule has 1 aliphatic rings. The fraction of sp³-hybridized carbons (Fsp3) is 0.500. The molecule has 1 fully saturated rings. The van der Waals surface area contributed by atoms with E-state index in [0.717, 1.165) is 18.3 Å². The number of rotatable bonds is 4. The Kier molecular flexibility index (Phi) is 4.14. The second-order valence-electron chi connectivity index (χ2n) is 5.40. The summed E-state index contributed by atoms with van der Waals surface area (Å²) < 4.78 is 2.22. The Bertz CT molecular complexity index is 541. The zero-order chi connectivity index (χ0) is 13.1. The first-order valence-electron chi connectivity index (χ1n) is 7.20. The van der Waals surface area contributed by atoms with Gasteiger partial charge in [0.05, 0.1) is 0 Å². The summed E-state index contributed by atoms with van der Waals surface area (Å²) in [6, 6.07) is 8.65. The highest BCUT2D eigenvalue weighted by Crippen LogP contribution is 2.25. The number of thioether (sulfide) groups is 1. The molecule has 2 heterocycles. The van der Waals surface area contributed by atoms with Gasteiger partial charge in [0.25, 0.3) is 0 Å². The van der Waals surface area contributed by atoms with Crippen molar-refractivity contribution in [2.45, 2.75) is 31.1 Å². The van der Waals surface area contributed by atoms with Crippen LogP contribution in [0.5, 0.6) is 0 Å². The van der Waals surface area contributed by atoms with Crippen molar-refractivity contribution < 1.29 is 0 Å². The first-order chi connectivity index (χ1) is 9.34. The van der Waals surface area contributed by atoms with Gasteiger partial charge in [-0.25, -0.2) is 0 Å². The second kappa shape index (κ2) is 6.02. The van der Waals surface area contributed by atoms with Gasteiger partial charge in [0, 0.05) is 42.5 Å². The van der Waals surface area contributed by atoms with Gasteiger partial charge in [-0.05, 0) is 30.2 Å². The standard InChI is InChI=1S/C16H22N2S/c1-18-12-13(15-7-2-3-8-16(15)18)10-17-11-14-6-4-5-9-19-14/h2-3,7-8,12,14,17H,4-6,9-11H2,1H3. The summed E-state index contributed by atoms with van der Waals surface area (Å²) >= 11 is 2.14. The van der Waals surface area contributed by atoms with Gasteiger partial charge in [-0.2, -0.15) is 11.8 Å². The quantitative estimate of drug-likeness (QED) is 0.918. The van der Waals surface area contributed by atoms with E-state index in [0.29, 0.717) is 0 Å². The number of para-hydroxylation sites is 1. The minimum atomic E-state index is 0.823. The third-order valence-electron chi connectivity index (χ3n) is 3.94. The van der Waals surface area contributed by atoms with Crippen molar-refractivity contribution in [3.63, 3.8) is 0 Å². The fourth-order valence-electron chi connectivity index (χ4n) is 2.90. The van der Waals surface area contributed by atoms with Crippen molar-refractivity contribution in [2.24, 2.45) is 7.05 Å². The Morgan fingerprint density at radius 2 is 2.21 bits per heavy atom. The molecule has 0 aliphatic carbocycles. The van der Waals surface area contributed by atoms with Gasteiger partial charge in [0.15, 0.2) is 0 Å². The number of hydrogen-bond donors (Lipinski definition) is 1. The lowest BCUT2D eigenvalue weighted by Gasteiger charge is -2.21. The van der Waals surface area contributed by atoms with E-state index in [4.69, 9.17) is 0 Å². The van der Waals surface area contributed by atoms with Crippen molar-refractivity contribution >= 4 is 22.7 Å². The Hall–Kier alpha value is -0.930. The highest BCUT2D eigenvalue weighted by atomic mass is 32.2. The molecule has 102 valence electrons. The van der Waals surface area contributed by atoms with Gasteiger partial charge >= 0.3 is 0 Å². The summed E-state index contributed by atoms with van der Waals surface area (Å²) in [7, 11) is 2.13. The van der Waals surface area contributed by atoms with Crippen LogP contribution in [0.3, 0.4) is 0 Å². The number of nitrogens with zero attached hydrogens (tertiary/aromatic N) is 1. The summed E-state index contributed by atoms with van der Waals surface area (Å²) in [4.78, 5) is 0. The minimum Gasteiger partial charge on any atom is -0.350 e. The van der Waals surface area contributed by atoms with Crippen LogP contribution in [0.4, 0.5) is 0 Å². The third kappa shape index (κ3) is 2.98. The molecule has 0 amide bonds. The SMILES string of the molecule is Cn1cc(CNCC2CCCCS2)c2ccccc21. The number of hydrogen-bond acceptors (Lipinski definition) is 2. The van der Waals surface area contributed by atoms with Crippen molar-refractivity contribution in [1.29, 1.82) is 0 Å². The second-order valence-corrected chi connectivity index (χ2v) is 6.81. The predicted molar refractivity (Wildman–Crippen MR) is 84.7 cm³/mol. The van der Waals surface area contributed by atoms with Crippen molar-refractivity contribution in [2.75, 3.05) is 12.3 Å². The Morgan fingerprint density at radius 1 is 1.32 bits per heavy atom. The number of aryl methyl sites for hydroxylation is 1. The summed E-state index contributed by atoms with van der Waals surface area (Å²) in [5.74, 6) is 1.35. The molecule has 1 atom stereocenters. The maximum Gasteiger partial charge on any atom is 0.0481 e. The maximum atomic E-state index is 3.64.